The van der Waals surface area contributed by atoms with Gasteiger partial charge in [0.15, 0.2) is 0 Å². The summed E-state index contributed by atoms with van der Waals surface area (Å²) < 4.78 is 0. The summed E-state index contributed by atoms with van der Waals surface area (Å²) in [5.41, 5.74) is 1.30. The number of nitrogens with one attached hydrogen (secondary N) is 1. The van der Waals surface area contributed by atoms with Crippen molar-refractivity contribution in [3.05, 3.63) is 18.1 Å². The lowest BCUT2D eigenvalue weighted by atomic mass is 9.98. The van der Waals surface area contributed by atoms with Crippen molar-refractivity contribution in [3.63, 3.8) is 0 Å². The van der Waals surface area contributed by atoms with Crippen LogP contribution in [-0.2, 0) is 0 Å². The van der Waals surface area contributed by atoms with Gasteiger partial charge in [-0.1, -0.05) is 0 Å². The van der Waals surface area contributed by atoms with E-state index in [4.69, 9.17) is 0 Å². The maximum atomic E-state index is 4.27. The van der Waals surface area contributed by atoms with E-state index in [1.54, 1.807) is 6.33 Å². The van der Waals surface area contributed by atoms with Gasteiger partial charge in [0.1, 0.15) is 12.1 Å². The van der Waals surface area contributed by atoms with E-state index in [1.807, 2.05) is 13.0 Å². The average molecular weight is 248 g/mol. The smallest absolute Gasteiger partial charge is 0.129 e. The van der Waals surface area contributed by atoms with E-state index in [1.165, 1.54) is 12.8 Å². The van der Waals surface area contributed by atoms with Crippen LogP contribution >= 0.6 is 0 Å². The molecule has 4 nitrogen and oxygen atoms in total. The third-order valence-corrected chi connectivity index (χ3v) is 3.60. The molecule has 1 aromatic heterocycles. The first-order chi connectivity index (χ1) is 8.45. The van der Waals surface area contributed by atoms with Gasteiger partial charge < -0.3 is 5.32 Å². The van der Waals surface area contributed by atoms with E-state index >= 15 is 0 Å². The van der Waals surface area contributed by atoms with Gasteiger partial charge in [-0.05, 0) is 40.5 Å². The summed E-state index contributed by atoms with van der Waals surface area (Å²) in [5.74, 6) is 0.955. The van der Waals surface area contributed by atoms with Crippen LogP contribution in [0.25, 0.3) is 0 Å². The number of hydrogen-bond acceptors (Lipinski definition) is 4. The van der Waals surface area contributed by atoms with Crippen LogP contribution in [0.1, 0.15) is 39.3 Å². The van der Waals surface area contributed by atoms with Gasteiger partial charge in [-0.2, -0.15) is 0 Å². The molecule has 1 aromatic rings. The summed E-state index contributed by atoms with van der Waals surface area (Å²) >= 11 is 0. The highest BCUT2D eigenvalue weighted by Gasteiger charge is 2.26. The summed E-state index contributed by atoms with van der Waals surface area (Å²) in [6.45, 7) is 11.2. The molecule has 0 unspecified atom stereocenters. The van der Waals surface area contributed by atoms with Crippen molar-refractivity contribution >= 4 is 5.82 Å². The highest BCUT2D eigenvalue weighted by molar-refractivity contribution is 5.35. The van der Waals surface area contributed by atoms with Crippen LogP contribution in [0.4, 0.5) is 5.82 Å². The molecule has 1 saturated heterocycles. The first-order valence-corrected chi connectivity index (χ1v) is 6.75. The molecule has 1 N–H and O–H groups in total. The van der Waals surface area contributed by atoms with Crippen molar-refractivity contribution in [2.75, 3.05) is 18.4 Å². The third kappa shape index (κ3) is 3.42. The quantitative estimate of drug-likeness (QED) is 0.873. The molecule has 100 valence electrons. The number of likely N-dealkylation sites (tertiary alicyclic amines) is 1. The van der Waals surface area contributed by atoms with Gasteiger partial charge in [0.05, 0.1) is 0 Å². The van der Waals surface area contributed by atoms with Crippen LogP contribution in [0.2, 0.25) is 0 Å². The zero-order valence-corrected chi connectivity index (χ0v) is 11.9. The molecule has 0 spiro atoms. The number of aryl methyl sites for hydroxylation is 1. The molecular weight excluding hydrogens is 224 g/mol. The summed E-state index contributed by atoms with van der Waals surface area (Å²) in [6.07, 6.45) is 3.99. The summed E-state index contributed by atoms with van der Waals surface area (Å²) in [4.78, 5) is 10.9. The molecule has 0 radical (unpaired) electrons. The second-order valence-electron chi connectivity index (χ2n) is 6.12. The normalized spacial score (nSPS) is 18.9. The summed E-state index contributed by atoms with van der Waals surface area (Å²) in [6, 6.07) is 2.55. The maximum absolute atomic E-state index is 4.27. The molecule has 1 aliphatic rings. The fourth-order valence-electron chi connectivity index (χ4n) is 2.44. The van der Waals surface area contributed by atoms with Gasteiger partial charge in [0, 0.05) is 36.4 Å². The van der Waals surface area contributed by atoms with Crippen molar-refractivity contribution < 1.29 is 0 Å². The minimum Gasteiger partial charge on any atom is -0.367 e. The van der Waals surface area contributed by atoms with E-state index in [0.717, 1.165) is 24.6 Å². The van der Waals surface area contributed by atoms with Crippen LogP contribution in [-0.4, -0.2) is 39.5 Å². The lowest BCUT2D eigenvalue weighted by molar-refractivity contribution is 0.106. The standard InChI is InChI=1S/C14H24N4/c1-11-9-13(16-10-15-11)17-12-5-7-18(8-6-12)14(2,3)4/h9-10,12H,5-8H2,1-4H3,(H,15,16,17). The molecule has 2 rings (SSSR count). The predicted molar refractivity (Wildman–Crippen MR) is 74.7 cm³/mol. The second kappa shape index (κ2) is 5.22. The van der Waals surface area contributed by atoms with Gasteiger partial charge in [-0.3, -0.25) is 4.90 Å². The second-order valence-corrected chi connectivity index (χ2v) is 6.12. The summed E-state index contributed by atoms with van der Waals surface area (Å²) in [5, 5.41) is 3.52. The average Bonchev–Trinajstić information content (AvgIpc) is 2.28. The Morgan fingerprint density at radius 3 is 2.44 bits per heavy atom. The number of piperidine rings is 1. The fraction of sp³-hybridized carbons (Fsp3) is 0.714. The maximum Gasteiger partial charge on any atom is 0.129 e. The van der Waals surface area contributed by atoms with Crippen LogP contribution in [0.5, 0.6) is 0 Å². The Morgan fingerprint density at radius 1 is 1.22 bits per heavy atom. The highest BCUT2D eigenvalue weighted by Crippen LogP contribution is 2.21. The van der Waals surface area contributed by atoms with Gasteiger partial charge in [0.25, 0.3) is 0 Å². The minimum absolute atomic E-state index is 0.288. The number of hydrogen-bond donors (Lipinski definition) is 1. The van der Waals surface area contributed by atoms with E-state index in [9.17, 15) is 0 Å². The van der Waals surface area contributed by atoms with Gasteiger partial charge in [-0.15, -0.1) is 0 Å². The molecule has 18 heavy (non-hydrogen) atoms. The molecule has 0 aliphatic carbocycles. The van der Waals surface area contributed by atoms with E-state index in [0.29, 0.717) is 6.04 Å². The third-order valence-electron chi connectivity index (χ3n) is 3.60. The lowest BCUT2D eigenvalue weighted by Crippen LogP contribution is -2.48. The Bertz CT molecular complexity index is 389. The first kappa shape index (κ1) is 13.3. The van der Waals surface area contributed by atoms with Gasteiger partial charge in [-0.25, -0.2) is 9.97 Å². The van der Waals surface area contributed by atoms with E-state index in [-0.39, 0.29) is 5.54 Å². The molecular formula is C14H24N4. The van der Waals surface area contributed by atoms with Crippen molar-refractivity contribution in [3.8, 4) is 0 Å². The Balaban J connectivity index is 1.87. The number of nitrogens with zero attached hydrogens (tertiary/aromatic N) is 3. The van der Waals surface area contributed by atoms with Gasteiger partial charge in [0.2, 0.25) is 0 Å². The Morgan fingerprint density at radius 2 is 1.89 bits per heavy atom. The van der Waals surface area contributed by atoms with Gasteiger partial charge >= 0.3 is 0 Å². The number of rotatable bonds is 2. The van der Waals surface area contributed by atoms with E-state index in [2.05, 4.69) is 41.0 Å². The molecule has 1 aliphatic heterocycles. The lowest BCUT2D eigenvalue weighted by Gasteiger charge is -2.41. The van der Waals surface area contributed by atoms with Crippen molar-refractivity contribution in [1.82, 2.24) is 14.9 Å². The molecule has 1 fully saturated rings. The SMILES string of the molecule is Cc1cc(NC2CCN(C(C)(C)C)CC2)ncn1. The molecule has 2 heterocycles. The van der Waals surface area contributed by atoms with Crippen molar-refractivity contribution in [1.29, 1.82) is 0 Å². The van der Waals surface area contributed by atoms with Crippen molar-refractivity contribution in [2.24, 2.45) is 0 Å². The zero-order valence-electron chi connectivity index (χ0n) is 11.9. The highest BCUT2D eigenvalue weighted by atomic mass is 15.2. The van der Waals surface area contributed by atoms with Crippen LogP contribution in [0, 0.1) is 6.92 Å². The van der Waals surface area contributed by atoms with Crippen LogP contribution in [0.3, 0.4) is 0 Å². The number of anilines is 1. The minimum atomic E-state index is 0.288. The van der Waals surface area contributed by atoms with Crippen molar-refractivity contribution in [2.45, 2.75) is 52.1 Å². The van der Waals surface area contributed by atoms with Crippen LogP contribution < -0.4 is 5.32 Å². The molecule has 0 saturated carbocycles. The molecule has 0 atom stereocenters. The van der Waals surface area contributed by atoms with E-state index < -0.39 is 0 Å². The Labute approximate surface area is 110 Å². The Hall–Kier alpha value is -1.16. The predicted octanol–water partition coefficient (Wildman–Crippen LogP) is 2.46. The topological polar surface area (TPSA) is 41.0 Å². The monoisotopic (exact) mass is 248 g/mol. The number of aromatic nitrogens is 2. The molecule has 0 aromatic carbocycles. The molecule has 0 bridgehead atoms. The summed E-state index contributed by atoms with van der Waals surface area (Å²) in [7, 11) is 0. The first-order valence-electron chi connectivity index (χ1n) is 6.75. The zero-order chi connectivity index (χ0) is 13.2. The van der Waals surface area contributed by atoms with Crippen LogP contribution in [0.15, 0.2) is 12.4 Å². The Kier molecular flexibility index (Phi) is 3.85. The molecule has 0 amide bonds. The molecule has 4 heteroatoms. The largest absolute Gasteiger partial charge is 0.367 e. The fourth-order valence-corrected chi connectivity index (χ4v) is 2.44.